The number of hydrogen-bond acceptors (Lipinski definition) is 5. The number of halogens is 1. The summed E-state index contributed by atoms with van der Waals surface area (Å²) in [5, 5.41) is -0.508. The van der Waals surface area contributed by atoms with E-state index in [4.69, 9.17) is 25.8 Å². The maximum absolute atomic E-state index is 13.9. The third-order valence-corrected chi connectivity index (χ3v) is 6.38. The van der Waals surface area contributed by atoms with Crippen molar-refractivity contribution in [2.24, 2.45) is 0 Å². The van der Waals surface area contributed by atoms with Crippen LogP contribution in [0.3, 0.4) is 0 Å². The predicted octanol–water partition coefficient (Wildman–Crippen LogP) is 4.02. The third-order valence-electron chi connectivity index (χ3n) is 6.17. The van der Waals surface area contributed by atoms with E-state index in [1.807, 2.05) is 42.5 Å². The Morgan fingerprint density at radius 1 is 0.935 bits per heavy atom. The van der Waals surface area contributed by atoms with Gasteiger partial charge >= 0.3 is 0 Å². The Bertz CT molecular complexity index is 1260. The van der Waals surface area contributed by atoms with Crippen LogP contribution in [0.5, 0.6) is 17.2 Å². The highest BCUT2D eigenvalue weighted by Gasteiger charge is 2.57. The van der Waals surface area contributed by atoms with Crippen molar-refractivity contribution in [2.45, 2.75) is 12.0 Å². The third kappa shape index (κ3) is 2.51. The molecule has 1 amide bonds. The highest BCUT2D eigenvalue weighted by Crippen LogP contribution is 2.55. The summed E-state index contributed by atoms with van der Waals surface area (Å²) in [6, 6.07) is 18.4. The van der Waals surface area contributed by atoms with Crippen LogP contribution in [0.15, 0.2) is 60.7 Å². The van der Waals surface area contributed by atoms with Crippen LogP contribution >= 0.6 is 11.6 Å². The second-order valence-electron chi connectivity index (χ2n) is 7.77. The van der Waals surface area contributed by atoms with Gasteiger partial charge in [0.05, 0.1) is 6.54 Å². The average molecular weight is 434 g/mol. The lowest BCUT2D eigenvalue weighted by molar-refractivity contribution is -0.122. The van der Waals surface area contributed by atoms with Gasteiger partial charge in [-0.25, -0.2) is 0 Å². The molecule has 0 aromatic heterocycles. The molecule has 0 radical (unpaired) electrons. The van der Waals surface area contributed by atoms with Gasteiger partial charge in [-0.2, -0.15) is 0 Å². The van der Waals surface area contributed by atoms with Gasteiger partial charge in [0.25, 0.3) is 5.24 Å². The predicted molar refractivity (Wildman–Crippen MR) is 113 cm³/mol. The second-order valence-corrected chi connectivity index (χ2v) is 8.12. The van der Waals surface area contributed by atoms with Crippen molar-refractivity contribution in [1.82, 2.24) is 0 Å². The Morgan fingerprint density at radius 3 is 2.45 bits per heavy atom. The minimum atomic E-state index is -0.932. The van der Waals surface area contributed by atoms with Crippen LogP contribution in [0.4, 0.5) is 5.69 Å². The lowest BCUT2D eigenvalue weighted by Crippen LogP contribution is -2.42. The number of ether oxygens (including phenoxy) is 3. The molecule has 3 aromatic carbocycles. The summed E-state index contributed by atoms with van der Waals surface area (Å²) in [6.07, 6.45) is 0. The summed E-state index contributed by atoms with van der Waals surface area (Å²) in [5.41, 5.74) is 2.93. The van der Waals surface area contributed by atoms with E-state index in [9.17, 15) is 9.59 Å². The average Bonchev–Trinajstić information content (AvgIpc) is 3.45. The molecule has 7 heteroatoms. The van der Waals surface area contributed by atoms with Crippen LogP contribution in [0, 0.1) is 0 Å². The molecule has 0 bridgehead atoms. The summed E-state index contributed by atoms with van der Waals surface area (Å²) < 4.78 is 17.0. The first-order valence-electron chi connectivity index (χ1n) is 9.85. The van der Waals surface area contributed by atoms with Crippen LogP contribution in [-0.2, 0) is 16.8 Å². The fourth-order valence-electron chi connectivity index (χ4n) is 4.65. The van der Waals surface area contributed by atoms with Crippen LogP contribution in [-0.4, -0.2) is 24.5 Å². The Labute approximate surface area is 182 Å². The Kier molecular flexibility index (Phi) is 3.83. The van der Waals surface area contributed by atoms with Crippen molar-refractivity contribution in [2.75, 3.05) is 18.3 Å². The van der Waals surface area contributed by atoms with Crippen LogP contribution in [0.2, 0.25) is 0 Å². The van der Waals surface area contributed by atoms with Crippen LogP contribution < -0.4 is 19.1 Å². The van der Waals surface area contributed by atoms with Gasteiger partial charge in [0.2, 0.25) is 12.7 Å². The zero-order chi connectivity index (χ0) is 21.2. The van der Waals surface area contributed by atoms with Gasteiger partial charge in [-0.05, 0) is 47.0 Å². The van der Waals surface area contributed by atoms with E-state index in [0.29, 0.717) is 29.4 Å². The van der Waals surface area contributed by atoms with Crippen LogP contribution in [0.1, 0.15) is 27.0 Å². The lowest BCUT2D eigenvalue weighted by atomic mass is 9.77. The number of hydrogen-bond donors (Lipinski definition) is 0. The largest absolute Gasteiger partial charge is 0.491 e. The molecule has 6 rings (SSSR count). The van der Waals surface area contributed by atoms with Crippen molar-refractivity contribution in [3.63, 3.8) is 0 Å². The minimum Gasteiger partial charge on any atom is -0.491 e. The maximum Gasteiger partial charge on any atom is 0.252 e. The Balaban J connectivity index is 1.44. The topological polar surface area (TPSA) is 65.1 Å². The lowest BCUT2D eigenvalue weighted by Gasteiger charge is -2.23. The number of rotatable bonds is 3. The van der Waals surface area contributed by atoms with Gasteiger partial charge in [0, 0.05) is 22.9 Å². The number of amides is 1. The number of carbonyl (C=O) groups excluding carboxylic acids is 2. The van der Waals surface area contributed by atoms with Gasteiger partial charge < -0.3 is 19.1 Å². The van der Waals surface area contributed by atoms with E-state index in [0.717, 1.165) is 22.4 Å². The van der Waals surface area contributed by atoms with Gasteiger partial charge in [0.1, 0.15) is 17.8 Å². The quantitative estimate of drug-likeness (QED) is 0.584. The normalized spacial score (nSPS) is 20.0. The molecule has 1 spiro atoms. The van der Waals surface area contributed by atoms with Crippen molar-refractivity contribution < 1.29 is 23.8 Å². The van der Waals surface area contributed by atoms with E-state index in [1.54, 1.807) is 23.1 Å². The van der Waals surface area contributed by atoms with Crippen molar-refractivity contribution in [3.8, 4) is 17.2 Å². The smallest absolute Gasteiger partial charge is 0.252 e. The van der Waals surface area contributed by atoms with Gasteiger partial charge in [-0.3, -0.25) is 9.59 Å². The monoisotopic (exact) mass is 433 g/mol. The number of anilines is 1. The summed E-state index contributed by atoms with van der Waals surface area (Å²) in [5.74, 6) is 1.83. The molecule has 3 aliphatic heterocycles. The molecule has 0 N–H and O–H groups in total. The van der Waals surface area contributed by atoms with Crippen molar-refractivity contribution in [3.05, 3.63) is 82.9 Å². The molecule has 1 unspecified atom stereocenters. The molecule has 0 saturated heterocycles. The molecule has 6 nitrogen and oxygen atoms in total. The fourth-order valence-corrected chi connectivity index (χ4v) is 4.77. The minimum absolute atomic E-state index is 0.0520. The van der Waals surface area contributed by atoms with E-state index in [2.05, 4.69) is 0 Å². The second kappa shape index (κ2) is 6.49. The van der Waals surface area contributed by atoms with Crippen molar-refractivity contribution >= 4 is 28.4 Å². The summed E-state index contributed by atoms with van der Waals surface area (Å²) in [7, 11) is 0. The molecule has 154 valence electrons. The molecule has 0 aliphatic carbocycles. The number of nitrogens with zero attached hydrogens (tertiary/aromatic N) is 1. The van der Waals surface area contributed by atoms with E-state index in [-0.39, 0.29) is 19.3 Å². The number of para-hydroxylation sites is 1. The fraction of sp³-hybridized carbons (Fsp3) is 0.167. The highest BCUT2D eigenvalue weighted by atomic mass is 35.5. The molecule has 0 saturated carbocycles. The molecule has 31 heavy (non-hydrogen) atoms. The first-order chi connectivity index (χ1) is 15.1. The summed E-state index contributed by atoms with van der Waals surface area (Å²) >= 11 is 5.55. The first-order valence-corrected chi connectivity index (χ1v) is 10.2. The standard InChI is InChI=1S/C24H16ClNO5/c25-22(27)15-7-5-14(6-8-15)11-26-18-4-2-1-3-16(18)24(23(26)28)12-29-19-10-21-20(9-17(19)24)30-13-31-21/h1-10H,11-13H2. The molecule has 3 aromatic rings. The van der Waals surface area contributed by atoms with Gasteiger partial charge in [0.15, 0.2) is 11.5 Å². The van der Waals surface area contributed by atoms with Crippen molar-refractivity contribution in [1.29, 1.82) is 0 Å². The molecule has 1 atom stereocenters. The van der Waals surface area contributed by atoms with E-state index < -0.39 is 10.7 Å². The molecule has 3 aliphatic rings. The van der Waals surface area contributed by atoms with E-state index in [1.165, 1.54) is 0 Å². The molecule has 3 heterocycles. The van der Waals surface area contributed by atoms with E-state index >= 15 is 0 Å². The highest BCUT2D eigenvalue weighted by molar-refractivity contribution is 6.67. The number of benzene rings is 3. The SMILES string of the molecule is O=C(Cl)c1ccc(CN2C(=O)C3(COc4cc5c(cc43)OCO5)c3ccccc32)cc1. The maximum atomic E-state index is 13.9. The summed E-state index contributed by atoms with van der Waals surface area (Å²) in [4.78, 5) is 27.1. The number of carbonyl (C=O) groups is 2. The van der Waals surface area contributed by atoms with Gasteiger partial charge in [-0.15, -0.1) is 0 Å². The summed E-state index contributed by atoms with van der Waals surface area (Å²) in [6.45, 7) is 0.744. The molecular weight excluding hydrogens is 418 g/mol. The van der Waals surface area contributed by atoms with Gasteiger partial charge in [-0.1, -0.05) is 30.3 Å². The Morgan fingerprint density at radius 2 is 1.68 bits per heavy atom. The van der Waals surface area contributed by atoms with Crippen LogP contribution in [0.25, 0.3) is 0 Å². The first kappa shape index (κ1) is 18.3. The zero-order valence-electron chi connectivity index (χ0n) is 16.3. The number of fused-ring (bicyclic) bond motifs is 5. The molecule has 0 fully saturated rings. The molecular formula is C24H16ClNO5. The zero-order valence-corrected chi connectivity index (χ0v) is 17.0. The Hall–Kier alpha value is -3.51.